The van der Waals surface area contributed by atoms with E-state index in [0.717, 1.165) is 5.56 Å². The molecule has 0 aromatic heterocycles. The first-order valence-electron chi connectivity index (χ1n) is 9.75. The molecule has 0 bridgehead atoms. The van der Waals surface area contributed by atoms with Gasteiger partial charge in [0.15, 0.2) is 5.78 Å². The number of hydrogen-bond donors (Lipinski definition) is 1. The van der Waals surface area contributed by atoms with Gasteiger partial charge >= 0.3 is 18.4 Å². The number of carbonyl (C=O) groups is 2. The molecule has 177 valence electrons. The van der Waals surface area contributed by atoms with Gasteiger partial charge < -0.3 is 10.6 Å². The van der Waals surface area contributed by atoms with Crippen molar-refractivity contribution in [3.05, 3.63) is 75.7 Å². The number of benzene rings is 2. The average Bonchev–Trinajstić information content (AvgIpc) is 2.73. The molecule has 2 N–H and O–H groups in total. The molecule has 2 aromatic rings. The minimum Gasteiger partial charge on any atom is -0.351 e. The number of hydrogen-bond acceptors (Lipinski definition) is 2. The molecule has 0 unspecified atom stereocenters. The molecule has 1 aliphatic rings. The summed E-state index contributed by atoms with van der Waals surface area (Å²) in [6.45, 7) is 0.0136. The third kappa shape index (κ3) is 5.98. The Bertz CT molecular complexity index is 1000. The maximum absolute atomic E-state index is 13.2. The number of ketones is 1. The van der Waals surface area contributed by atoms with Crippen LogP contribution in [0.3, 0.4) is 0 Å². The largest absolute Gasteiger partial charge is 0.416 e. The minimum absolute atomic E-state index is 0.0136. The summed E-state index contributed by atoms with van der Waals surface area (Å²) in [5, 5.41) is 0.488. The predicted molar refractivity (Wildman–Crippen MR) is 108 cm³/mol. The fourth-order valence-electron chi connectivity index (χ4n) is 3.80. The van der Waals surface area contributed by atoms with Crippen LogP contribution in [0.15, 0.2) is 42.5 Å². The van der Waals surface area contributed by atoms with Crippen LogP contribution in [-0.2, 0) is 18.8 Å². The van der Waals surface area contributed by atoms with Gasteiger partial charge in [0.1, 0.15) is 0 Å². The van der Waals surface area contributed by atoms with E-state index in [1.165, 1.54) is 4.90 Å². The second-order valence-corrected chi connectivity index (χ2v) is 8.13. The van der Waals surface area contributed by atoms with Crippen LogP contribution in [0.1, 0.15) is 39.9 Å². The predicted octanol–water partition coefficient (Wildman–Crippen LogP) is 5.92. The van der Waals surface area contributed by atoms with Gasteiger partial charge in [0.05, 0.1) is 17.0 Å². The summed E-state index contributed by atoms with van der Waals surface area (Å²) >= 11 is 5.86. The van der Waals surface area contributed by atoms with Crippen LogP contribution in [0.2, 0.25) is 5.02 Å². The van der Waals surface area contributed by atoms with Crippen molar-refractivity contribution < 1.29 is 35.9 Å². The van der Waals surface area contributed by atoms with Gasteiger partial charge in [-0.3, -0.25) is 4.79 Å². The van der Waals surface area contributed by atoms with Crippen LogP contribution in [-0.4, -0.2) is 29.3 Å². The minimum atomic E-state index is -5.06. The Hall–Kier alpha value is -2.75. The Morgan fingerprint density at radius 2 is 1.52 bits per heavy atom. The average molecular weight is 492 g/mol. The lowest BCUT2D eigenvalue weighted by atomic mass is 9.82. The zero-order chi connectivity index (χ0) is 24.6. The summed E-state index contributed by atoms with van der Waals surface area (Å²) in [5.41, 5.74) is 2.36. The summed E-state index contributed by atoms with van der Waals surface area (Å²) < 4.78 is 79.0. The summed E-state index contributed by atoms with van der Waals surface area (Å²) in [4.78, 5) is 26.1. The third-order valence-electron chi connectivity index (χ3n) is 5.42. The maximum Gasteiger partial charge on any atom is 0.416 e. The van der Waals surface area contributed by atoms with E-state index in [2.05, 4.69) is 0 Å². The number of nitrogens with two attached hydrogens (primary N) is 1. The zero-order valence-electron chi connectivity index (χ0n) is 16.9. The number of likely N-dealkylation sites (tertiary alicyclic amines) is 1. The second kappa shape index (κ2) is 9.24. The van der Waals surface area contributed by atoms with Crippen molar-refractivity contribution >= 4 is 23.4 Å². The number of halogens is 7. The first kappa shape index (κ1) is 24.9. The van der Waals surface area contributed by atoms with Crippen molar-refractivity contribution in [1.29, 1.82) is 0 Å². The van der Waals surface area contributed by atoms with Crippen LogP contribution in [0, 0.1) is 5.92 Å². The van der Waals surface area contributed by atoms with Crippen molar-refractivity contribution in [2.75, 3.05) is 6.54 Å². The molecule has 2 aromatic carbocycles. The second-order valence-electron chi connectivity index (χ2n) is 7.70. The Morgan fingerprint density at radius 1 is 0.970 bits per heavy atom. The van der Waals surface area contributed by atoms with Gasteiger partial charge in [0, 0.05) is 23.2 Å². The van der Waals surface area contributed by atoms with Crippen LogP contribution in [0.25, 0.3) is 0 Å². The highest BCUT2D eigenvalue weighted by atomic mass is 35.5. The molecule has 2 amide bonds. The van der Waals surface area contributed by atoms with E-state index in [1.54, 1.807) is 24.3 Å². The highest BCUT2D eigenvalue weighted by molar-refractivity contribution is 6.30. The number of urea groups is 1. The van der Waals surface area contributed by atoms with E-state index >= 15 is 0 Å². The lowest BCUT2D eigenvalue weighted by Crippen LogP contribution is -2.50. The van der Waals surface area contributed by atoms with E-state index in [4.69, 9.17) is 17.3 Å². The van der Waals surface area contributed by atoms with Crippen molar-refractivity contribution in [3.8, 4) is 0 Å². The zero-order valence-corrected chi connectivity index (χ0v) is 17.7. The van der Waals surface area contributed by atoms with E-state index in [9.17, 15) is 35.9 Å². The third-order valence-corrected chi connectivity index (χ3v) is 5.67. The van der Waals surface area contributed by atoms with Crippen LogP contribution < -0.4 is 5.73 Å². The van der Waals surface area contributed by atoms with Gasteiger partial charge in [-0.1, -0.05) is 23.7 Å². The molecule has 1 atom stereocenters. The molecule has 0 saturated carbocycles. The highest BCUT2D eigenvalue weighted by Gasteiger charge is 2.40. The monoisotopic (exact) mass is 491 g/mol. The number of nitrogens with zero attached hydrogens (tertiary/aromatic N) is 1. The van der Waals surface area contributed by atoms with E-state index in [-0.39, 0.29) is 37.8 Å². The molecule has 1 saturated heterocycles. The Kier molecular flexibility index (Phi) is 6.97. The van der Waals surface area contributed by atoms with Gasteiger partial charge in [-0.2, -0.15) is 26.3 Å². The molecule has 1 fully saturated rings. The molecule has 11 heteroatoms. The first-order chi connectivity index (χ1) is 15.3. The van der Waals surface area contributed by atoms with Gasteiger partial charge in [-0.05, 0) is 55.2 Å². The van der Waals surface area contributed by atoms with E-state index in [1.807, 2.05) is 0 Å². The Labute approximate surface area is 190 Å². The maximum atomic E-state index is 13.2. The molecular weight excluding hydrogens is 474 g/mol. The Balaban J connectivity index is 1.90. The number of Topliss-reactive ketones (excluding diaryl/α,β-unsaturated/α-hetero) is 1. The number of alkyl halides is 6. The summed E-state index contributed by atoms with van der Waals surface area (Å²) in [7, 11) is 0. The summed E-state index contributed by atoms with van der Waals surface area (Å²) in [5.74, 6) is -0.796. The van der Waals surface area contributed by atoms with Crippen molar-refractivity contribution in [3.63, 3.8) is 0 Å². The molecule has 0 aliphatic carbocycles. The molecule has 1 heterocycles. The van der Waals surface area contributed by atoms with E-state index < -0.39 is 46.9 Å². The Morgan fingerprint density at radius 3 is 2.00 bits per heavy atom. The first-order valence-corrected chi connectivity index (χ1v) is 10.1. The number of carbonyl (C=O) groups excluding carboxylic acids is 2. The fourth-order valence-corrected chi connectivity index (χ4v) is 3.92. The van der Waals surface area contributed by atoms with Gasteiger partial charge in [0.25, 0.3) is 0 Å². The van der Waals surface area contributed by atoms with Gasteiger partial charge in [-0.15, -0.1) is 0 Å². The van der Waals surface area contributed by atoms with Crippen molar-refractivity contribution in [2.45, 2.75) is 37.7 Å². The fraction of sp³-hybridized carbons (Fsp3) is 0.318. The number of piperidine rings is 1. The number of rotatable bonds is 4. The van der Waals surface area contributed by atoms with Crippen molar-refractivity contribution in [1.82, 2.24) is 4.90 Å². The number of amides is 2. The molecule has 1 radical (unpaired) electrons. The molecule has 0 spiro atoms. The SMILES string of the molecule is NC(=O)N1CC[C](C(=O)c2cc(C(F)(F)F)cc(C(F)(F)F)c2)C[C@@H]1Cc1ccc(Cl)cc1. The summed E-state index contributed by atoms with van der Waals surface area (Å²) in [6, 6.07) is 6.15. The summed E-state index contributed by atoms with van der Waals surface area (Å²) in [6.07, 6.45) is -9.91. The van der Waals surface area contributed by atoms with Crippen LogP contribution >= 0.6 is 11.6 Å². The van der Waals surface area contributed by atoms with Crippen LogP contribution in [0.4, 0.5) is 31.1 Å². The van der Waals surface area contributed by atoms with E-state index in [0.29, 0.717) is 17.2 Å². The molecule has 33 heavy (non-hydrogen) atoms. The standard InChI is InChI=1S/C22H18ClF6N2O2/c23-17-3-1-12(2-4-17)7-18-10-13(5-6-31(18)20(30)33)19(32)14-8-15(21(24,25)26)11-16(9-14)22(27,28)29/h1-4,8-9,11,18H,5-7,10H2,(H2,30,33)/t18-/m0/s1. The smallest absolute Gasteiger partial charge is 0.351 e. The number of primary amides is 1. The molecule has 1 aliphatic heterocycles. The lowest BCUT2D eigenvalue weighted by molar-refractivity contribution is -0.143. The lowest BCUT2D eigenvalue weighted by Gasteiger charge is -2.38. The molecule has 3 rings (SSSR count). The van der Waals surface area contributed by atoms with Crippen molar-refractivity contribution in [2.24, 2.45) is 5.73 Å². The van der Waals surface area contributed by atoms with Gasteiger partial charge in [-0.25, -0.2) is 4.79 Å². The topological polar surface area (TPSA) is 63.4 Å². The highest BCUT2D eigenvalue weighted by Crippen LogP contribution is 2.38. The quantitative estimate of drug-likeness (QED) is 0.426. The normalized spacial score (nSPS) is 17.8. The molecular formula is C22H18ClF6N2O2. The van der Waals surface area contributed by atoms with Crippen LogP contribution in [0.5, 0.6) is 0 Å². The molecule has 4 nitrogen and oxygen atoms in total. The van der Waals surface area contributed by atoms with Gasteiger partial charge in [0.2, 0.25) is 0 Å².